The summed E-state index contributed by atoms with van der Waals surface area (Å²) in [6, 6.07) is 17.4. The summed E-state index contributed by atoms with van der Waals surface area (Å²) in [6.07, 6.45) is 5.86. The topological polar surface area (TPSA) is 47.4 Å². The van der Waals surface area contributed by atoms with E-state index in [1.54, 1.807) is 4.90 Å². The van der Waals surface area contributed by atoms with Crippen molar-refractivity contribution in [1.82, 2.24) is 14.7 Å². The first-order chi connectivity index (χ1) is 15.6. The third-order valence-corrected chi connectivity index (χ3v) is 7.08. The summed E-state index contributed by atoms with van der Waals surface area (Å²) in [5.41, 5.74) is 3.47. The SMILES string of the molecule is O=C1/C(=C/c2cn(-c3ccccc3)nc2-c2ccc(Cl)cc2)SC(=S)N1CC1CCCO1. The van der Waals surface area contributed by atoms with E-state index in [0.29, 0.717) is 20.8 Å². The molecule has 1 amide bonds. The highest BCUT2D eigenvalue weighted by atomic mass is 35.5. The van der Waals surface area contributed by atoms with Gasteiger partial charge in [0.15, 0.2) is 0 Å². The highest BCUT2D eigenvalue weighted by Crippen LogP contribution is 2.35. The van der Waals surface area contributed by atoms with Gasteiger partial charge in [0.2, 0.25) is 0 Å². The first kappa shape index (κ1) is 21.4. The Kier molecular flexibility index (Phi) is 6.15. The van der Waals surface area contributed by atoms with E-state index >= 15 is 0 Å². The van der Waals surface area contributed by atoms with Gasteiger partial charge in [0, 0.05) is 29.0 Å². The number of nitrogens with zero attached hydrogens (tertiary/aromatic N) is 3. The predicted molar refractivity (Wildman–Crippen MR) is 133 cm³/mol. The highest BCUT2D eigenvalue weighted by Gasteiger charge is 2.35. The van der Waals surface area contributed by atoms with Crippen molar-refractivity contribution in [1.29, 1.82) is 0 Å². The van der Waals surface area contributed by atoms with Crippen molar-refractivity contribution in [3.63, 3.8) is 0 Å². The van der Waals surface area contributed by atoms with Gasteiger partial charge in [0.1, 0.15) is 4.32 Å². The lowest BCUT2D eigenvalue weighted by molar-refractivity contribution is -0.123. The second-order valence-electron chi connectivity index (χ2n) is 7.65. The molecule has 2 aliphatic heterocycles. The first-order valence-corrected chi connectivity index (χ1v) is 12.0. The molecule has 5 rings (SSSR count). The largest absolute Gasteiger partial charge is 0.376 e. The molecule has 3 heterocycles. The summed E-state index contributed by atoms with van der Waals surface area (Å²) < 4.78 is 8.09. The number of para-hydroxylation sites is 1. The van der Waals surface area contributed by atoms with Gasteiger partial charge in [-0.15, -0.1) is 0 Å². The van der Waals surface area contributed by atoms with Gasteiger partial charge in [-0.1, -0.05) is 65.9 Å². The van der Waals surface area contributed by atoms with Crippen molar-refractivity contribution in [2.45, 2.75) is 18.9 Å². The third kappa shape index (κ3) is 4.38. The molecule has 1 aromatic heterocycles. The highest BCUT2D eigenvalue weighted by molar-refractivity contribution is 8.26. The molecule has 0 aliphatic carbocycles. The minimum Gasteiger partial charge on any atom is -0.376 e. The average Bonchev–Trinajstić information content (AvgIpc) is 3.53. The van der Waals surface area contributed by atoms with Gasteiger partial charge >= 0.3 is 0 Å². The van der Waals surface area contributed by atoms with Gasteiger partial charge in [0.05, 0.1) is 28.9 Å². The number of ether oxygens (including phenoxy) is 1. The van der Waals surface area contributed by atoms with Crippen LogP contribution in [0.1, 0.15) is 18.4 Å². The van der Waals surface area contributed by atoms with Crippen LogP contribution in [0.4, 0.5) is 0 Å². The molecule has 3 aromatic rings. The van der Waals surface area contributed by atoms with Gasteiger partial charge in [-0.25, -0.2) is 4.68 Å². The van der Waals surface area contributed by atoms with Crippen molar-refractivity contribution in [2.75, 3.05) is 13.2 Å². The molecule has 1 atom stereocenters. The molecule has 1 unspecified atom stereocenters. The van der Waals surface area contributed by atoms with Crippen LogP contribution < -0.4 is 0 Å². The second-order valence-corrected chi connectivity index (χ2v) is 9.76. The van der Waals surface area contributed by atoms with Crippen LogP contribution in [0.3, 0.4) is 0 Å². The predicted octanol–water partition coefficient (Wildman–Crippen LogP) is 5.57. The third-order valence-electron chi connectivity index (χ3n) is 5.45. The fourth-order valence-corrected chi connectivity index (χ4v) is 5.22. The van der Waals surface area contributed by atoms with Crippen molar-refractivity contribution in [3.05, 3.63) is 76.3 Å². The molecular formula is C24H20ClN3O2S2. The lowest BCUT2D eigenvalue weighted by Crippen LogP contribution is -2.35. The van der Waals surface area contributed by atoms with Gasteiger partial charge in [-0.3, -0.25) is 9.69 Å². The number of halogens is 1. The molecule has 8 heteroatoms. The van der Waals surface area contributed by atoms with E-state index in [9.17, 15) is 4.79 Å². The molecule has 0 bridgehead atoms. The summed E-state index contributed by atoms with van der Waals surface area (Å²) in [5, 5.41) is 5.47. The van der Waals surface area contributed by atoms with Gasteiger partial charge in [0.25, 0.3) is 5.91 Å². The van der Waals surface area contributed by atoms with Gasteiger partial charge in [-0.05, 0) is 43.2 Å². The van der Waals surface area contributed by atoms with E-state index in [1.807, 2.05) is 71.6 Å². The zero-order chi connectivity index (χ0) is 22.1. The monoisotopic (exact) mass is 481 g/mol. The molecule has 2 fully saturated rings. The van der Waals surface area contributed by atoms with Crippen LogP contribution in [0.5, 0.6) is 0 Å². The van der Waals surface area contributed by atoms with Crippen molar-refractivity contribution >= 4 is 51.9 Å². The fourth-order valence-electron chi connectivity index (χ4n) is 3.83. The van der Waals surface area contributed by atoms with E-state index < -0.39 is 0 Å². The molecule has 32 heavy (non-hydrogen) atoms. The molecule has 0 radical (unpaired) electrons. The van der Waals surface area contributed by atoms with Crippen LogP contribution >= 0.6 is 35.6 Å². The summed E-state index contributed by atoms with van der Waals surface area (Å²) in [4.78, 5) is 15.4. The maximum Gasteiger partial charge on any atom is 0.266 e. The van der Waals surface area contributed by atoms with Crippen LogP contribution in [-0.2, 0) is 9.53 Å². The van der Waals surface area contributed by atoms with E-state index in [0.717, 1.165) is 42.0 Å². The minimum atomic E-state index is -0.0787. The summed E-state index contributed by atoms with van der Waals surface area (Å²) in [6.45, 7) is 1.26. The van der Waals surface area contributed by atoms with E-state index in [1.165, 1.54) is 11.8 Å². The average molecular weight is 482 g/mol. The van der Waals surface area contributed by atoms with Crippen LogP contribution in [-0.4, -0.2) is 44.2 Å². The number of hydrogen-bond donors (Lipinski definition) is 0. The zero-order valence-corrected chi connectivity index (χ0v) is 19.5. The Labute approximate surface area is 201 Å². The van der Waals surface area contributed by atoms with Crippen molar-refractivity contribution < 1.29 is 9.53 Å². The Balaban J connectivity index is 1.51. The van der Waals surface area contributed by atoms with Crippen LogP contribution in [0.15, 0.2) is 65.7 Å². The molecule has 2 saturated heterocycles. The smallest absolute Gasteiger partial charge is 0.266 e. The van der Waals surface area contributed by atoms with Crippen LogP contribution in [0.2, 0.25) is 5.02 Å². The lowest BCUT2D eigenvalue weighted by Gasteiger charge is -2.18. The summed E-state index contributed by atoms with van der Waals surface area (Å²) in [5.74, 6) is -0.0787. The fraction of sp³-hybridized carbons (Fsp3) is 0.208. The number of thiocarbonyl (C=S) groups is 1. The Morgan fingerprint density at radius 1 is 1.19 bits per heavy atom. The van der Waals surface area contributed by atoms with Crippen molar-refractivity contribution in [2.24, 2.45) is 0 Å². The Hall–Kier alpha value is -2.45. The minimum absolute atomic E-state index is 0.0577. The summed E-state index contributed by atoms with van der Waals surface area (Å²) in [7, 11) is 0. The molecule has 2 aliphatic rings. The Morgan fingerprint density at radius 2 is 1.97 bits per heavy atom. The standard InChI is InChI=1S/C24H20ClN3O2S2/c25-18-10-8-16(9-11-18)22-17(14-28(26-22)19-5-2-1-3-6-19)13-21-23(29)27(24(31)32-21)15-20-7-4-12-30-20/h1-3,5-6,8-11,13-14,20H,4,7,12,15H2/b21-13-. The number of benzene rings is 2. The van der Waals surface area contributed by atoms with E-state index in [2.05, 4.69) is 0 Å². The maximum atomic E-state index is 13.1. The summed E-state index contributed by atoms with van der Waals surface area (Å²) >= 11 is 12.9. The van der Waals surface area contributed by atoms with E-state index in [-0.39, 0.29) is 12.0 Å². The molecule has 0 spiro atoms. The van der Waals surface area contributed by atoms with E-state index in [4.69, 9.17) is 33.7 Å². The normalized spacial score (nSPS) is 20.0. The van der Waals surface area contributed by atoms with Crippen LogP contribution in [0, 0.1) is 0 Å². The van der Waals surface area contributed by atoms with Crippen molar-refractivity contribution in [3.8, 4) is 16.9 Å². The molecular weight excluding hydrogens is 462 g/mol. The number of amides is 1. The zero-order valence-electron chi connectivity index (χ0n) is 17.1. The quantitative estimate of drug-likeness (QED) is 0.352. The number of carbonyl (C=O) groups is 1. The molecule has 0 N–H and O–H groups in total. The number of aromatic nitrogens is 2. The lowest BCUT2D eigenvalue weighted by atomic mass is 10.1. The maximum absolute atomic E-state index is 13.1. The number of rotatable bonds is 5. The molecule has 2 aromatic carbocycles. The first-order valence-electron chi connectivity index (χ1n) is 10.4. The second kappa shape index (κ2) is 9.19. The van der Waals surface area contributed by atoms with Gasteiger partial charge < -0.3 is 4.74 Å². The molecule has 5 nitrogen and oxygen atoms in total. The van der Waals surface area contributed by atoms with Crippen LogP contribution in [0.25, 0.3) is 23.0 Å². The Morgan fingerprint density at radius 3 is 2.69 bits per heavy atom. The van der Waals surface area contributed by atoms with Gasteiger partial charge in [-0.2, -0.15) is 5.10 Å². The molecule has 162 valence electrons. The molecule has 0 saturated carbocycles. The number of carbonyl (C=O) groups excluding carboxylic acids is 1. The number of hydrogen-bond acceptors (Lipinski definition) is 5. The Bertz CT molecular complexity index is 1190. The number of thioether (sulfide) groups is 1.